The van der Waals surface area contributed by atoms with E-state index in [0.29, 0.717) is 17.2 Å². The molecule has 112 valence electrons. The van der Waals surface area contributed by atoms with Crippen molar-refractivity contribution in [3.8, 4) is 17.2 Å². The van der Waals surface area contributed by atoms with Crippen molar-refractivity contribution in [2.45, 2.75) is 13.5 Å². The van der Waals surface area contributed by atoms with Gasteiger partial charge >= 0.3 is 0 Å². The Morgan fingerprint density at radius 2 is 1.70 bits per heavy atom. The molecule has 20 heavy (non-hydrogen) atoms. The number of ether oxygens (including phenoxy) is 4. The third-order valence-corrected chi connectivity index (χ3v) is 3.51. The van der Waals surface area contributed by atoms with Crippen LogP contribution in [-0.4, -0.2) is 41.1 Å². The number of methoxy groups -OCH3 is 3. The van der Waals surface area contributed by atoms with Crippen LogP contribution in [0.1, 0.15) is 12.5 Å². The molecule has 0 radical (unpaired) electrons. The first-order valence-electron chi connectivity index (χ1n) is 6.69. The Labute approximate surface area is 120 Å². The van der Waals surface area contributed by atoms with Gasteiger partial charge in [0.25, 0.3) is 0 Å². The van der Waals surface area contributed by atoms with E-state index in [1.54, 1.807) is 21.3 Å². The maximum Gasteiger partial charge on any atom is 0.203 e. The van der Waals surface area contributed by atoms with Crippen LogP contribution >= 0.6 is 0 Å². The van der Waals surface area contributed by atoms with Gasteiger partial charge in [-0.25, -0.2) is 0 Å². The second-order valence-electron chi connectivity index (χ2n) is 5.44. The lowest BCUT2D eigenvalue weighted by atomic mass is 9.89. The maximum atomic E-state index is 5.35. The van der Waals surface area contributed by atoms with Crippen molar-refractivity contribution in [3.05, 3.63) is 17.7 Å². The average molecular weight is 281 g/mol. The molecular weight excluding hydrogens is 258 g/mol. The summed E-state index contributed by atoms with van der Waals surface area (Å²) < 4.78 is 21.3. The fraction of sp³-hybridized carbons (Fsp3) is 0.600. The molecule has 5 heteroatoms. The summed E-state index contributed by atoms with van der Waals surface area (Å²) in [5.41, 5.74) is 1.36. The van der Waals surface area contributed by atoms with Gasteiger partial charge in [0.05, 0.1) is 34.5 Å². The third kappa shape index (κ3) is 3.16. The fourth-order valence-corrected chi connectivity index (χ4v) is 2.30. The first-order chi connectivity index (χ1) is 9.61. The SMILES string of the molecule is COc1cc(CNCC2(C)COC2)cc(OC)c1OC. The normalized spacial score (nSPS) is 16.4. The highest BCUT2D eigenvalue weighted by atomic mass is 16.5. The second-order valence-corrected chi connectivity index (χ2v) is 5.44. The van der Waals surface area contributed by atoms with Crippen LogP contribution in [-0.2, 0) is 11.3 Å². The van der Waals surface area contributed by atoms with Crippen LogP contribution < -0.4 is 19.5 Å². The van der Waals surface area contributed by atoms with E-state index in [0.717, 1.165) is 31.9 Å². The van der Waals surface area contributed by atoms with E-state index in [-0.39, 0.29) is 5.41 Å². The van der Waals surface area contributed by atoms with E-state index >= 15 is 0 Å². The number of benzene rings is 1. The topological polar surface area (TPSA) is 49.0 Å². The lowest BCUT2D eigenvalue weighted by molar-refractivity contribution is -0.0991. The van der Waals surface area contributed by atoms with Crippen molar-refractivity contribution >= 4 is 0 Å². The van der Waals surface area contributed by atoms with Gasteiger partial charge in [-0.05, 0) is 17.7 Å². The van der Waals surface area contributed by atoms with Crippen LogP contribution in [0.5, 0.6) is 17.2 Å². The highest BCUT2D eigenvalue weighted by molar-refractivity contribution is 5.53. The van der Waals surface area contributed by atoms with Gasteiger partial charge in [0.1, 0.15) is 0 Å². The lowest BCUT2D eigenvalue weighted by Crippen LogP contribution is -2.47. The molecule has 0 spiro atoms. The van der Waals surface area contributed by atoms with Crippen molar-refractivity contribution < 1.29 is 18.9 Å². The quantitative estimate of drug-likeness (QED) is 0.826. The van der Waals surface area contributed by atoms with Gasteiger partial charge < -0.3 is 24.3 Å². The Balaban J connectivity index is 2.03. The molecule has 0 aromatic heterocycles. The molecule has 1 aromatic carbocycles. The summed E-state index contributed by atoms with van der Waals surface area (Å²) in [4.78, 5) is 0. The minimum atomic E-state index is 0.265. The van der Waals surface area contributed by atoms with Crippen LogP contribution in [0, 0.1) is 5.41 Å². The highest BCUT2D eigenvalue weighted by Crippen LogP contribution is 2.38. The van der Waals surface area contributed by atoms with Crippen molar-refractivity contribution in [3.63, 3.8) is 0 Å². The molecule has 1 saturated heterocycles. The zero-order valence-electron chi connectivity index (χ0n) is 12.6. The van der Waals surface area contributed by atoms with E-state index in [1.807, 2.05) is 12.1 Å². The Morgan fingerprint density at radius 1 is 1.10 bits per heavy atom. The molecular formula is C15H23NO4. The van der Waals surface area contributed by atoms with Crippen molar-refractivity contribution in [1.29, 1.82) is 0 Å². The zero-order chi connectivity index (χ0) is 14.6. The highest BCUT2D eigenvalue weighted by Gasteiger charge is 2.32. The number of hydrogen-bond donors (Lipinski definition) is 1. The standard InChI is InChI=1S/C15H23NO4/c1-15(9-20-10-15)8-16-7-11-5-12(17-2)14(19-4)13(6-11)18-3/h5-6,16H,7-10H2,1-4H3. The molecule has 0 atom stereocenters. The van der Waals surface area contributed by atoms with Crippen LogP contribution in [0.4, 0.5) is 0 Å². The molecule has 1 aliphatic heterocycles. The van der Waals surface area contributed by atoms with Crippen LogP contribution in [0.25, 0.3) is 0 Å². The second kappa shape index (κ2) is 6.33. The Hall–Kier alpha value is -1.46. The van der Waals surface area contributed by atoms with Crippen LogP contribution in [0.3, 0.4) is 0 Å². The Bertz CT molecular complexity index is 432. The molecule has 1 aliphatic rings. The van der Waals surface area contributed by atoms with Gasteiger partial charge in [-0.2, -0.15) is 0 Å². The molecule has 0 aliphatic carbocycles. The minimum Gasteiger partial charge on any atom is -0.493 e. The molecule has 2 rings (SSSR count). The average Bonchev–Trinajstić information content (AvgIpc) is 2.44. The molecule has 0 unspecified atom stereocenters. The van der Waals surface area contributed by atoms with Gasteiger partial charge in [0.2, 0.25) is 5.75 Å². The largest absolute Gasteiger partial charge is 0.493 e. The fourth-order valence-electron chi connectivity index (χ4n) is 2.30. The summed E-state index contributed by atoms with van der Waals surface area (Å²) in [6, 6.07) is 3.93. The molecule has 5 nitrogen and oxygen atoms in total. The van der Waals surface area contributed by atoms with Gasteiger partial charge in [-0.1, -0.05) is 6.92 Å². The van der Waals surface area contributed by atoms with Crippen LogP contribution in [0.15, 0.2) is 12.1 Å². The van der Waals surface area contributed by atoms with Crippen LogP contribution in [0.2, 0.25) is 0 Å². The smallest absolute Gasteiger partial charge is 0.203 e. The molecule has 1 heterocycles. The van der Waals surface area contributed by atoms with E-state index in [1.165, 1.54) is 0 Å². The summed E-state index contributed by atoms with van der Waals surface area (Å²) in [5, 5.41) is 3.45. The predicted molar refractivity (Wildman–Crippen MR) is 76.7 cm³/mol. The summed E-state index contributed by atoms with van der Waals surface area (Å²) in [6.07, 6.45) is 0. The van der Waals surface area contributed by atoms with E-state index in [4.69, 9.17) is 18.9 Å². The van der Waals surface area contributed by atoms with Gasteiger partial charge in [-0.3, -0.25) is 0 Å². The molecule has 1 aromatic rings. The lowest BCUT2D eigenvalue weighted by Gasteiger charge is -2.38. The summed E-state index contributed by atoms with van der Waals surface area (Å²) in [5.74, 6) is 1.99. The maximum absolute atomic E-state index is 5.35. The molecule has 0 amide bonds. The summed E-state index contributed by atoms with van der Waals surface area (Å²) in [7, 11) is 4.86. The zero-order valence-corrected chi connectivity index (χ0v) is 12.6. The number of nitrogens with one attached hydrogen (secondary N) is 1. The first kappa shape index (κ1) is 14.9. The van der Waals surface area contributed by atoms with Crippen molar-refractivity contribution in [2.24, 2.45) is 5.41 Å². The minimum absolute atomic E-state index is 0.265. The summed E-state index contributed by atoms with van der Waals surface area (Å²) in [6.45, 7) is 5.57. The van der Waals surface area contributed by atoms with Crippen molar-refractivity contribution in [1.82, 2.24) is 5.32 Å². The molecule has 1 N–H and O–H groups in total. The van der Waals surface area contributed by atoms with Crippen molar-refractivity contribution in [2.75, 3.05) is 41.1 Å². The van der Waals surface area contributed by atoms with Gasteiger partial charge in [0.15, 0.2) is 11.5 Å². The van der Waals surface area contributed by atoms with Gasteiger partial charge in [-0.15, -0.1) is 0 Å². The van der Waals surface area contributed by atoms with E-state index < -0.39 is 0 Å². The molecule has 0 saturated carbocycles. The predicted octanol–water partition coefficient (Wildman–Crippen LogP) is 1.84. The summed E-state index contributed by atoms with van der Waals surface area (Å²) >= 11 is 0. The number of hydrogen-bond acceptors (Lipinski definition) is 5. The van der Waals surface area contributed by atoms with E-state index in [9.17, 15) is 0 Å². The molecule has 0 bridgehead atoms. The Morgan fingerprint density at radius 3 is 2.10 bits per heavy atom. The molecule has 1 fully saturated rings. The first-order valence-corrected chi connectivity index (χ1v) is 6.69. The monoisotopic (exact) mass is 281 g/mol. The third-order valence-electron chi connectivity index (χ3n) is 3.51. The number of rotatable bonds is 7. The van der Waals surface area contributed by atoms with Gasteiger partial charge in [0, 0.05) is 18.5 Å². The van der Waals surface area contributed by atoms with E-state index in [2.05, 4.69) is 12.2 Å². The Kier molecular flexibility index (Phi) is 4.73.